The van der Waals surface area contributed by atoms with Crippen molar-refractivity contribution in [1.29, 1.82) is 0 Å². The second-order valence-corrected chi connectivity index (χ2v) is 3.89. The molecule has 3 heteroatoms. The first-order valence-corrected chi connectivity index (χ1v) is 6.40. The maximum atomic E-state index is 5.59. The topological polar surface area (TPSA) is 44.5 Å². The fraction of sp³-hybridized carbons (Fsp3) is 0.571. The molecule has 0 saturated heterocycles. The van der Waals surface area contributed by atoms with Crippen LogP contribution < -0.4 is 15.2 Å². The van der Waals surface area contributed by atoms with Gasteiger partial charge in [-0.25, -0.2) is 0 Å². The van der Waals surface area contributed by atoms with E-state index in [0.717, 1.165) is 37.3 Å². The molecule has 0 aliphatic heterocycles. The Kier molecular flexibility index (Phi) is 6.48. The number of unbranched alkanes of at least 4 members (excludes halogenated alkanes) is 1. The molecule has 0 atom stereocenters. The first kappa shape index (κ1) is 13.8. The van der Waals surface area contributed by atoms with E-state index in [4.69, 9.17) is 15.2 Å². The van der Waals surface area contributed by atoms with Crippen LogP contribution in [0.3, 0.4) is 0 Å². The van der Waals surface area contributed by atoms with Crippen molar-refractivity contribution in [2.75, 3.05) is 19.8 Å². The van der Waals surface area contributed by atoms with Crippen molar-refractivity contribution in [3.63, 3.8) is 0 Å². The van der Waals surface area contributed by atoms with Gasteiger partial charge < -0.3 is 15.2 Å². The largest absolute Gasteiger partial charge is 0.490 e. The van der Waals surface area contributed by atoms with Gasteiger partial charge in [0, 0.05) is 0 Å². The maximum absolute atomic E-state index is 5.59. The smallest absolute Gasteiger partial charge is 0.161 e. The van der Waals surface area contributed by atoms with Gasteiger partial charge in [-0.1, -0.05) is 6.07 Å². The molecule has 0 bridgehead atoms. The average molecular weight is 237 g/mol. The van der Waals surface area contributed by atoms with Crippen LogP contribution in [0.5, 0.6) is 11.5 Å². The summed E-state index contributed by atoms with van der Waals surface area (Å²) in [4.78, 5) is 0. The maximum Gasteiger partial charge on any atom is 0.161 e. The highest BCUT2D eigenvalue weighted by Crippen LogP contribution is 2.29. The second-order valence-electron chi connectivity index (χ2n) is 3.89. The van der Waals surface area contributed by atoms with Crippen molar-refractivity contribution in [3.05, 3.63) is 23.8 Å². The van der Waals surface area contributed by atoms with Crippen LogP contribution >= 0.6 is 0 Å². The summed E-state index contributed by atoms with van der Waals surface area (Å²) in [6.07, 6.45) is 3.23. The van der Waals surface area contributed by atoms with Crippen LogP contribution in [0, 0.1) is 0 Å². The molecule has 0 heterocycles. The van der Waals surface area contributed by atoms with E-state index in [0.29, 0.717) is 13.2 Å². The van der Waals surface area contributed by atoms with E-state index < -0.39 is 0 Å². The van der Waals surface area contributed by atoms with Gasteiger partial charge in [0.2, 0.25) is 0 Å². The molecule has 0 unspecified atom stereocenters. The van der Waals surface area contributed by atoms with Crippen molar-refractivity contribution in [1.82, 2.24) is 0 Å². The highest BCUT2D eigenvalue weighted by Gasteiger charge is 2.05. The van der Waals surface area contributed by atoms with Gasteiger partial charge in [0.15, 0.2) is 11.5 Å². The number of ether oxygens (including phenoxy) is 2. The first-order valence-electron chi connectivity index (χ1n) is 6.40. The van der Waals surface area contributed by atoms with Gasteiger partial charge in [-0.15, -0.1) is 0 Å². The Balaban J connectivity index is 2.70. The Morgan fingerprint density at radius 1 is 1.00 bits per heavy atom. The van der Waals surface area contributed by atoms with Crippen LogP contribution in [0.2, 0.25) is 0 Å². The number of hydrogen-bond donors (Lipinski definition) is 1. The highest BCUT2D eigenvalue weighted by molar-refractivity contribution is 5.43. The van der Waals surface area contributed by atoms with Crippen LogP contribution in [-0.4, -0.2) is 19.8 Å². The number of rotatable bonds is 8. The summed E-state index contributed by atoms with van der Waals surface area (Å²) in [5.41, 5.74) is 6.77. The van der Waals surface area contributed by atoms with Gasteiger partial charge in [0.05, 0.1) is 13.2 Å². The third kappa shape index (κ3) is 4.65. The molecular weight excluding hydrogens is 214 g/mol. The van der Waals surface area contributed by atoms with Crippen LogP contribution in [0.15, 0.2) is 18.2 Å². The van der Waals surface area contributed by atoms with E-state index in [1.54, 1.807) is 0 Å². The Hall–Kier alpha value is -1.22. The summed E-state index contributed by atoms with van der Waals surface area (Å²) in [6.45, 7) is 6.04. The molecule has 0 radical (unpaired) electrons. The van der Waals surface area contributed by atoms with E-state index in [1.165, 1.54) is 5.56 Å². The third-order valence-electron chi connectivity index (χ3n) is 2.53. The number of hydrogen-bond acceptors (Lipinski definition) is 3. The van der Waals surface area contributed by atoms with E-state index in [2.05, 4.69) is 12.1 Å². The van der Waals surface area contributed by atoms with Gasteiger partial charge in [-0.3, -0.25) is 0 Å². The molecule has 1 rings (SSSR count). The molecule has 0 fully saturated rings. The lowest BCUT2D eigenvalue weighted by atomic mass is 10.1. The Morgan fingerprint density at radius 3 is 2.35 bits per heavy atom. The standard InChI is InChI=1S/C14H23NO2/c1-3-16-13-9-8-12(7-5-6-10-15)11-14(13)17-4-2/h8-9,11H,3-7,10,15H2,1-2H3. The van der Waals surface area contributed by atoms with Crippen molar-refractivity contribution in [2.24, 2.45) is 5.73 Å². The molecule has 1 aromatic rings. The average Bonchev–Trinajstić information content (AvgIpc) is 2.33. The number of benzene rings is 1. The summed E-state index contributed by atoms with van der Waals surface area (Å²) in [7, 11) is 0. The van der Waals surface area contributed by atoms with Gasteiger partial charge in [-0.2, -0.15) is 0 Å². The van der Waals surface area contributed by atoms with Crippen molar-refractivity contribution in [3.8, 4) is 11.5 Å². The monoisotopic (exact) mass is 237 g/mol. The van der Waals surface area contributed by atoms with Gasteiger partial charge >= 0.3 is 0 Å². The Morgan fingerprint density at radius 2 is 1.71 bits per heavy atom. The lowest BCUT2D eigenvalue weighted by molar-refractivity contribution is 0.287. The molecule has 0 aromatic heterocycles. The van der Waals surface area contributed by atoms with Gasteiger partial charge in [-0.05, 0) is 57.4 Å². The van der Waals surface area contributed by atoms with Crippen LogP contribution in [0.1, 0.15) is 32.3 Å². The van der Waals surface area contributed by atoms with Gasteiger partial charge in [0.1, 0.15) is 0 Å². The predicted molar refractivity (Wildman–Crippen MR) is 70.8 cm³/mol. The highest BCUT2D eigenvalue weighted by atomic mass is 16.5. The van der Waals surface area contributed by atoms with Crippen molar-refractivity contribution in [2.45, 2.75) is 33.1 Å². The Labute approximate surface area is 104 Å². The first-order chi connectivity index (χ1) is 8.31. The van der Waals surface area contributed by atoms with Gasteiger partial charge in [0.25, 0.3) is 0 Å². The molecule has 0 amide bonds. The quantitative estimate of drug-likeness (QED) is 0.707. The van der Waals surface area contributed by atoms with Crippen LogP contribution in [0.25, 0.3) is 0 Å². The molecule has 2 N–H and O–H groups in total. The zero-order valence-corrected chi connectivity index (χ0v) is 10.9. The summed E-state index contributed by atoms with van der Waals surface area (Å²) in [5.74, 6) is 1.68. The summed E-state index contributed by atoms with van der Waals surface area (Å²) in [6, 6.07) is 6.17. The molecule has 0 spiro atoms. The lowest BCUT2D eigenvalue weighted by Gasteiger charge is -2.12. The number of nitrogens with two attached hydrogens (primary N) is 1. The Bertz CT molecular complexity index is 326. The lowest BCUT2D eigenvalue weighted by Crippen LogP contribution is -2.01. The zero-order valence-electron chi connectivity index (χ0n) is 10.9. The zero-order chi connectivity index (χ0) is 12.5. The van der Waals surface area contributed by atoms with Crippen molar-refractivity contribution < 1.29 is 9.47 Å². The minimum atomic E-state index is 0.659. The van der Waals surface area contributed by atoms with E-state index in [9.17, 15) is 0 Å². The number of aryl methyl sites for hydroxylation is 1. The second kappa shape index (κ2) is 7.96. The van der Waals surface area contributed by atoms with E-state index >= 15 is 0 Å². The third-order valence-corrected chi connectivity index (χ3v) is 2.53. The van der Waals surface area contributed by atoms with E-state index in [1.807, 2.05) is 19.9 Å². The molecule has 17 heavy (non-hydrogen) atoms. The molecule has 96 valence electrons. The molecule has 0 aliphatic carbocycles. The van der Waals surface area contributed by atoms with Crippen molar-refractivity contribution >= 4 is 0 Å². The van der Waals surface area contributed by atoms with Crippen LogP contribution in [0.4, 0.5) is 0 Å². The minimum Gasteiger partial charge on any atom is -0.490 e. The van der Waals surface area contributed by atoms with E-state index in [-0.39, 0.29) is 0 Å². The minimum absolute atomic E-state index is 0.659. The molecule has 1 aromatic carbocycles. The fourth-order valence-corrected chi connectivity index (χ4v) is 1.72. The molecule has 0 aliphatic rings. The molecule has 0 saturated carbocycles. The molecular formula is C14H23NO2. The summed E-state index contributed by atoms with van der Waals surface area (Å²) in [5, 5.41) is 0. The fourth-order valence-electron chi connectivity index (χ4n) is 1.72. The van der Waals surface area contributed by atoms with Crippen LogP contribution in [-0.2, 0) is 6.42 Å². The normalized spacial score (nSPS) is 10.3. The summed E-state index contributed by atoms with van der Waals surface area (Å²) < 4.78 is 11.1. The summed E-state index contributed by atoms with van der Waals surface area (Å²) >= 11 is 0. The predicted octanol–water partition coefficient (Wildman–Crippen LogP) is 2.77. The SMILES string of the molecule is CCOc1ccc(CCCCN)cc1OCC. The molecule has 3 nitrogen and oxygen atoms in total.